The molecule has 0 atom stereocenters. The number of nitrogens with one attached hydrogen (secondary N) is 1. The van der Waals surface area contributed by atoms with Gasteiger partial charge in [-0.3, -0.25) is 9.78 Å². The fourth-order valence-electron chi connectivity index (χ4n) is 3.19. The summed E-state index contributed by atoms with van der Waals surface area (Å²) >= 11 is 0. The zero-order valence-electron chi connectivity index (χ0n) is 16.7. The molecule has 0 radical (unpaired) electrons. The molecule has 3 aromatic heterocycles. The van der Waals surface area contributed by atoms with Crippen molar-refractivity contribution in [3.8, 4) is 5.69 Å². The van der Waals surface area contributed by atoms with Crippen LogP contribution in [-0.4, -0.2) is 40.3 Å². The summed E-state index contributed by atoms with van der Waals surface area (Å²) in [5.41, 5.74) is 2.70. The quantitative estimate of drug-likeness (QED) is 0.512. The number of halogens is 1. The molecule has 4 rings (SSSR count). The van der Waals surface area contributed by atoms with Crippen molar-refractivity contribution in [2.45, 2.75) is 18.5 Å². The molecule has 0 saturated heterocycles. The molecule has 0 spiro atoms. The van der Waals surface area contributed by atoms with Crippen LogP contribution in [0.15, 0.2) is 60.0 Å². The van der Waals surface area contributed by atoms with E-state index in [0.717, 1.165) is 6.26 Å². The monoisotopic (exact) mass is 439 g/mol. The van der Waals surface area contributed by atoms with Gasteiger partial charge in [0.2, 0.25) is 0 Å². The predicted molar refractivity (Wildman–Crippen MR) is 112 cm³/mol. The number of carbonyl (C=O) groups excluding carboxylic acids is 1. The van der Waals surface area contributed by atoms with Crippen molar-refractivity contribution in [1.29, 1.82) is 0 Å². The Kier molecular flexibility index (Phi) is 5.24. The fourth-order valence-corrected chi connectivity index (χ4v) is 3.86. The van der Waals surface area contributed by atoms with Crippen molar-refractivity contribution >= 4 is 26.6 Å². The number of fused-ring (bicyclic) bond motifs is 1. The summed E-state index contributed by atoms with van der Waals surface area (Å²) in [6, 6.07) is 8.97. The zero-order valence-corrected chi connectivity index (χ0v) is 17.5. The molecular formula is C21H18FN5O3S. The molecule has 1 N–H and O–H groups in total. The molecule has 8 nitrogen and oxygen atoms in total. The number of carbonyl (C=O) groups is 1. The number of sulfone groups is 1. The lowest BCUT2D eigenvalue weighted by atomic mass is 10.1. The minimum Gasteiger partial charge on any atom is -0.348 e. The number of amides is 1. The molecule has 31 heavy (non-hydrogen) atoms. The Morgan fingerprint density at radius 2 is 1.87 bits per heavy atom. The Balaban J connectivity index is 1.61. The average Bonchev–Trinajstić information content (AvgIpc) is 3.16. The van der Waals surface area contributed by atoms with Crippen molar-refractivity contribution in [1.82, 2.24) is 25.1 Å². The number of rotatable bonds is 5. The van der Waals surface area contributed by atoms with Crippen LogP contribution in [0.1, 0.15) is 21.6 Å². The van der Waals surface area contributed by atoms with E-state index in [-0.39, 0.29) is 23.3 Å². The van der Waals surface area contributed by atoms with Gasteiger partial charge in [0.1, 0.15) is 5.82 Å². The van der Waals surface area contributed by atoms with Crippen molar-refractivity contribution < 1.29 is 17.6 Å². The molecular weight excluding hydrogens is 421 g/mol. The Bertz CT molecular complexity index is 1400. The third-order valence-electron chi connectivity index (χ3n) is 4.64. The summed E-state index contributed by atoms with van der Waals surface area (Å²) in [6.45, 7) is 1.81. The van der Waals surface area contributed by atoms with Gasteiger partial charge in [0.15, 0.2) is 14.9 Å². The lowest BCUT2D eigenvalue weighted by molar-refractivity contribution is 0.0952. The molecule has 4 aromatic rings. The van der Waals surface area contributed by atoms with Crippen LogP contribution in [0.25, 0.3) is 16.6 Å². The number of aromatic nitrogens is 4. The topological polar surface area (TPSA) is 107 Å². The van der Waals surface area contributed by atoms with Crippen LogP contribution in [0.2, 0.25) is 0 Å². The zero-order chi connectivity index (χ0) is 22.2. The maximum absolute atomic E-state index is 13.2. The highest BCUT2D eigenvalue weighted by molar-refractivity contribution is 7.90. The molecule has 0 aliphatic rings. The molecule has 0 fully saturated rings. The van der Waals surface area contributed by atoms with Gasteiger partial charge in [0.25, 0.3) is 5.91 Å². The Morgan fingerprint density at radius 1 is 1.13 bits per heavy atom. The second kappa shape index (κ2) is 7.88. The largest absolute Gasteiger partial charge is 0.348 e. The summed E-state index contributed by atoms with van der Waals surface area (Å²) in [5.74, 6) is -0.740. The number of pyridine rings is 2. The van der Waals surface area contributed by atoms with E-state index >= 15 is 0 Å². The van der Waals surface area contributed by atoms with E-state index < -0.39 is 9.84 Å². The van der Waals surface area contributed by atoms with E-state index in [1.54, 1.807) is 42.2 Å². The van der Waals surface area contributed by atoms with Gasteiger partial charge in [-0.25, -0.2) is 22.5 Å². The van der Waals surface area contributed by atoms with Crippen molar-refractivity contribution in [2.24, 2.45) is 0 Å². The highest BCUT2D eigenvalue weighted by Crippen LogP contribution is 2.21. The molecule has 0 aliphatic carbocycles. The number of nitrogens with zero attached hydrogens (tertiary/aromatic N) is 4. The highest BCUT2D eigenvalue weighted by Gasteiger charge is 2.16. The van der Waals surface area contributed by atoms with Gasteiger partial charge in [0, 0.05) is 30.1 Å². The Labute approximate surface area is 177 Å². The van der Waals surface area contributed by atoms with Gasteiger partial charge >= 0.3 is 0 Å². The van der Waals surface area contributed by atoms with E-state index in [1.807, 2.05) is 0 Å². The molecule has 0 aliphatic heterocycles. The number of benzene rings is 1. The van der Waals surface area contributed by atoms with Crippen LogP contribution in [-0.2, 0) is 16.4 Å². The summed E-state index contributed by atoms with van der Waals surface area (Å²) in [4.78, 5) is 21.0. The summed E-state index contributed by atoms with van der Waals surface area (Å²) in [5, 5.41) is 7.63. The maximum atomic E-state index is 13.2. The fraction of sp³-hybridized carbons (Fsp3) is 0.143. The first kappa shape index (κ1) is 20.6. The first-order chi connectivity index (χ1) is 14.7. The van der Waals surface area contributed by atoms with Crippen LogP contribution in [0.4, 0.5) is 4.39 Å². The molecule has 158 valence electrons. The molecule has 1 amide bonds. The van der Waals surface area contributed by atoms with Gasteiger partial charge in [-0.05, 0) is 48.9 Å². The third kappa shape index (κ3) is 4.29. The van der Waals surface area contributed by atoms with Gasteiger partial charge in [-0.2, -0.15) is 5.10 Å². The highest BCUT2D eigenvalue weighted by atomic mass is 32.2. The summed E-state index contributed by atoms with van der Waals surface area (Å²) in [6.07, 6.45) is 5.65. The van der Waals surface area contributed by atoms with E-state index in [2.05, 4.69) is 20.4 Å². The van der Waals surface area contributed by atoms with Crippen LogP contribution in [0, 0.1) is 12.7 Å². The minimum atomic E-state index is -3.46. The van der Waals surface area contributed by atoms with E-state index in [4.69, 9.17) is 0 Å². The van der Waals surface area contributed by atoms with Crippen LogP contribution in [0.3, 0.4) is 0 Å². The van der Waals surface area contributed by atoms with Gasteiger partial charge in [-0.15, -0.1) is 0 Å². The lowest BCUT2D eigenvalue weighted by Crippen LogP contribution is -2.23. The third-order valence-corrected chi connectivity index (χ3v) is 5.60. The standard InChI is InChI=1S/C21H18FN5O3S/c1-13-7-14(8-20(26-13)31(2,29)30)9-24-21(28)18-10-23-12-19-17(18)11-25-27(19)16-5-3-15(22)4-6-16/h3-8,10-12H,9H2,1-2H3,(H,24,28). The van der Waals surface area contributed by atoms with Crippen LogP contribution in [0.5, 0.6) is 0 Å². The van der Waals surface area contributed by atoms with E-state index in [1.165, 1.54) is 24.4 Å². The van der Waals surface area contributed by atoms with Crippen molar-refractivity contribution in [3.05, 3.63) is 77.6 Å². The average molecular weight is 439 g/mol. The molecule has 10 heteroatoms. The number of hydrogen-bond donors (Lipinski definition) is 1. The summed E-state index contributed by atoms with van der Waals surface area (Å²) < 4.78 is 38.4. The Hall–Kier alpha value is -3.66. The van der Waals surface area contributed by atoms with E-state index in [0.29, 0.717) is 33.4 Å². The van der Waals surface area contributed by atoms with Crippen LogP contribution >= 0.6 is 0 Å². The second-order valence-corrected chi connectivity index (χ2v) is 9.03. The molecule has 0 unspecified atom stereocenters. The molecule has 3 heterocycles. The number of aryl methyl sites for hydroxylation is 1. The number of hydrogen-bond acceptors (Lipinski definition) is 6. The molecule has 0 bridgehead atoms. The normalized spacial score (nSPS) is 11.6. The predicted octanol–water partition coefficient (Wildman–Crippen LogP) is 2.60. The first-order valence-electron chi connectivity index (χ1n) is 9.26. The van der Waals surface area contributed by atoms with Gasteiger partial charge in [-0.1, -0.05) is 0 Å². The lowest BCUT2D eigenvalue weighted by Gasteiger charge is -2.09. The molecule has 0 saturated carbocycles. The van der Waals surface area contributed by atoms with Crippen LogP contribution < -0.4 is 5.32 Å². The van der Waals surface area contributed by atoms with Crippen molar-refractivity contribution in [2.75, 3.05) is 6.26 Å². The molecule has 1 aromatic carbocycles. The smallest absolute Gasteiger partial charge is 0.253 e. The Morgan fingerprint density at radius 3 is 2.58 bits per heavy atom. The van der Waals surface area contributed by atoms with Gasteiger partial charge < -0.3 is 5.32 Å². The van der Waals surface area contributed by atoms with Crippen molar-refractivity contribution in [3.63, 3.8) is 0 Å². The maximum Gasteiger partial charge on any atom is 0.253 e. The summed E-state index contributed by atoms with van der Waals surface area (Å²) in [7, 11) is -3.46. The minimum absolute atomic E-state index is 0.0407. The van der Waals surface area contributed by atoms with Gasteiger partial charge in [0.05, 0.1) is 29.2 Å². The first-order valence-corrected chi connectivity index (χ1v) is 11.1. The SMILES string of the molecule is Cc1cc(CNC(=O)c2cncc3c2cnn3-c2ccc(F)cc2)cc(S(C)(=O)=O)n1. The van der Waals surface area contributed by atoms with E-state index in [9.17, 15) is 17.6 Å². The second-order valence-electron chi connectivity index (χ2n) is 7.06.